The summed E-state index contributed by atoms with van der Waals surface area (Å²) in [4.78, 5) is 0. The van der Waals surface area contributed by atoms with E-state index in [1.807, 2.05) is 24.3 Å². The second-order valence-electron chi connectivity index (χ2n) is 5.37. The van der Waals surface area contributed by atoms with Gasteiger partial charge in [-0.1, -0.05) is 30.3 Å². The lowest BCUT2D eigenvalue weighted by Crippen LogP contribution is -2.05. The van der Waals surface area contributed by atoms with Crippen LogP contribution in [0.4, 0.5) is 8.78 Å². The molecule has 0 aliphatic heterocycles. The molecule has 0 spiro atoms. The van der Waals surface area contributed by atoms with Crippen molar-refractivity contribution in [2.75, 3.05) is 0 Å². The normalized spacial score (nSPS) is 16.1. The van der Waals surface area contributed by atoms with Crippen LogP contribution in [0.5, 0.6) is 0 Å². The molecule has 0 aromatic heterocycles. The standard InChI is InChI=1S/C17H16F2O/c18-15-8-5-11(9-16(15)19)10-17(20)14-4-2-1-3-13(14)12-6-7-12/h1-5,8-9,12,17,20H,6-7,10H2. The Labute approximate surface area is 116 Å². The number of hydrogen-bond donors (Lipinski definition) is 1. The largest absolute Gasteiger partial charge is 0.388 e. The minimum absolute atomic E-state index is 0.293. The van der Waals surface area contributed by atoms with Crippen molar-refractivity contribution in [3.63, 3.8) is 0 Å². The molecule has 1 nitrogen and oxygen atoms in total. The van der Waals surface area contributed by atoms with Gasteiger partial charge in [0, 0.05) is 6.42 Å². The van der Waals surface area contributed by atoms with Gasteiger partial charge in [-0.05, 0) is 47.6 Å². The Morgan fingerprint density at radius 2 is 1.80 bits per heavy atom. The molecule has 0 radical (unpaired) electrons. The summed E-state index contributed by atoms with van der Waals surface area (Å²) in [5.41, 5.74) is 2.68. The Morgan fingerprint density at radius 1 is 1.05 bits per heavy atom. The van der Waals surface area contributed by atoms with Crippen molar-refractivity contribution < 1.29 is 13.9 Å². The molecule has 0 amide bonds. The Kier molecular flexibility index (Phi) is 3.53. The van der Waals surface area contributed by atoms with Gasteiger partial charge < -0.3 is 5.11 Å². The van der Waals surface area contributed by atoms with Crippen molar-refractivity contribution in [1.82, 2.24) is 0 Å². The van der Waals surface area contributed by atoms with Gasteiger partial charge in [0.05, 0.1) is 6.10 Å². The molecule has 104 valence electrons. The van der Waals surface area contributed by atoms with Crippen molar-refractivity contribution in [2.45, 2.75) is 31.3 Å². The number of hydrogen-bond acceptors (Lipinski definition) is 1. The topological polar surface area (TPSA) is 20.2 Å². The lowest BCUT2D eigenvalue weighted by atomic mass is 9.95. The van der Waals surface area contributed by atoms with Gasteiger partial charge in [0.1, 0.15) is 0 Å². The van der Waals surface area contributed by atoms with Gasteiger partial charge >= 0.3 is 0 Å². The molecular weight excluding hydrogens is 258 g/mol. The first kappa shape index (κ1) is 13.3. The van der Waals surface area contributed by atoms with Crippen LogP contribution in [-0.4, -0.2) is 5.11 Å². The molecule has 3 rings (SSSR count). The van der Waals surface area contributed by atoms with Crippen LogP contribution in [0.3, 0.4) is 0 Å². The second-order valence-corrected chi connectivity index (χ2v) is 5.37. The van der Waals surface area contributed by atoms with E-state index in [9.17, 15) is 13.9 Å². The fraction of sp³-hybridized carbons (Fsp3) is 0.294. The van der Waals surface area contributed by atoms with E-state index in [0.717, 1.165) is 30.5 Å². The minimum atomic E-state index is -0.870. The van der Waals surface area contributed by atoms with Crippen LogP contribution < -0.4 is 0 Å². The molecule has 1 atom stereocenters. The molecule has 1 unspecified atom stereocenters. The zero-order valence-corrected chi connectivity index (χ0v) is 11.0. The number of benzene rings is 2. The summed E-state index contributed by atoms with van der Waals surface area (Å²) in [6.45, 7) is 0. The summed E-state index contributed by atoms with van der Waals surface area (Å²) in [6.07, 6.45) is 1.93. The third kappa shape index (κ3) is 2.73. The lowest BCUT2D eigenvalue weighted by Gasteiger charge is -2.15. The van der Waals surface area contributed by atoms with E-state index in [4.69, 9.17) is 0 Å². The van der Waals surface area contributed by atoms with Crippen molar-refractivity contribution in [3.05, 3.63) is 70.8 Å². The van der Waals surface area contributed by atoms with E-state index >= 15 is 0 Å². The van der Waals surface area contributed by atoms with Gasteiger partial charge in [-0.25, -0.2) is 8.78 Å². The van der Waals surface area contributed by atoms with Crippen molar-refractivity contribution in [3.8, 4) is 0 Å². The summed E-state index contributed by atoms with van der Waals surface area (Å²) in [7, 11) is 0. The fourth-order valence-corrected chi connectivity index (χ4v) is 2.58. The average molecular weight is 274 g/mol. The third-order valence-electron chi connectivity index (χ3n) is 3.79. The van der Waals surface area contributed by atoms with Gasteiger partial charge in [-0.2, -0.15) is 0 Å². The van der Waals surface area contributed by atoms with Crippen molar-refractivity contribution in [2.24, 2.45) is 0 Å². The van der Waals surface area contributed by atoms with Gasteiger partial charge in [0.25, 0.3) is 0 Å². The molecule has 1 aliphatic carbocycles. The first-order valence-corrected chi connectivity index (χ1v) is 6.86. The first-order chi connectivity index (χ1) is 9.65. The summed E-state index contributed by atoms with van der Waals surface area (Å²) >= 11 is 0. The van der Waals surface area contributed by atoms with Gasteiger partial charge in [0.2, 0.25) is 0 Å². The molecule has 0 saturated heterocycles. The molecule has 1 N–H and O–H groups in total. The maximum absolute atomic E-state index is 13.2. The highest BCUT2D eigenvalue weighted by molar-refractivity contribution is 5.35. The fourth-order valence-electron chi connectivity index (χ4n) is 2.58. The molecule has 1 saturated carbocycles. The molecule has 2 aromatic rings. The Balaban J connectivity index is 1.82. The monoisotopic (exact) mass is 274 g/mol. The highest BCUT2D eigenvalue weighted by atomic mass is 19.2. The molecule has 0 bridgehead atoms. The highest BCUT2D eigenvalue weighted by Gasteiger charge is 2.27. The smallest absolute Gasteiger partial charge is 0.159 e. The Morgan fingerprint density at radius 3 is 2.50 bits per heavy atom. The average Bonchev–Trinajstić information content (AvgIpc) is 3.27. The predicted octanol–water partition coefficient (Wildman–Crippen LogP) is 4.12. The lowest BCUT2D eigenvalue weighted by molar-refractivity contribution is 0.177. The molecular formula is C17H16F2O. The maximum Gasteiger partial charge on any atom is 0.159 e. The number of aliphatic hydroxyl groups is 1. The molecule has 1 aliphatic rings. The minimum Gasteiger partial charge on any atom is -0.388 e. The highest BCUT2D eigenvalue weighted by Crippen LogP contribution is 2.43. The number of halogens is 2. The zero-order chi connectivity index (χ0) is 14.1. The van der Waals surface area contributed by atoms with Gasteiger partial charge in [-0.3, -0.25) is 0 Å². The van der Waals surface area contributed by atoms with E-state index in [1.165, 1.54) is 11.6 Å². The molecule has 3 heteroatoms. The van der Waals surface area contributed by atoms with Crippen LogP contribution in [0.1, 0.15) is 41.6 Å². The van der Waals surface area contributed by atoms with Crippen LogP contribution in [0.25, 0.3) is 0 Å². The molecule has 2 aromatic carbocycles. The summed E-state index contributed by atoms with van der Waals surface area (Å²) in [5.74, 6) is -1.18. The number of rotatable bonds is 4. The van der Waals surface area contributed by atoms with E-state index in [-0.39, 0.29) is 0 Å². The SMILES string of the molecule is OC(Cc1ccc(F)c(F)c1)c1ccccc1C1CC1. The second kappa shape index (κ2) is 5.33. The summed E-state index contributed by atoms with van der Waals surface area (Å²) in [5, 5.41) is 10.4. The van der Waals surface area contributed by atoms with Crippen LogP contribution >= 0.6 is 0 Å². The van der Waals surface area contributed by atoms with E-state index in [1.54, 1.807) is 0 Å². The Hall–Kier alpha value is -1.74. The molecule has 20 heavy (non-hydrogen) atoms. The van der Waals surface area contributed by atoms with Crippen molar-refractivity contribution in [1.29, 1.82) is 0 Å². The number of aliphatic hydroxyl groups excluding tert-OH is 1. The summed E-state index contributed by atoms with van der Waals surface area (Å²) in [6, 6.07) is 11.6. The van der Waals surface area contributed by atoms with Crippen LogP contribution in [0.15, 0.2) is 42.5 Å². The van der Waals surface area contributed by atoms with Crippen LogP contribution in [-0.2, 0) is 6.42 Å². The zero-order valence-electron chi connectivity index (χ0n) is 11.0. The quantitative estimate of drug-likeness (QED) is 0.889. The van der Waals surface area contributed by atoms with E-state index in [0.29, 0.717) is 17.9 Å². The molecule has 1 fully saturated rings. The summed E-state index contributed by atoms with van der Waals surface area (Å²) < 4.78 is 26.1. The van der Waals surface area contributed by atoms with Gasteiger partial charge in [0.15, 0.2) is 11.6 Å². The van der Waals surface area contributed by atoms with Crippen molar-refractivity contribution >= 4 is 0 Å². The third-order valence-corrected chi connectivity index (χ3v) is 3.79. The molecule has 0 heterocycles. The van der Waals surface area contributed by atoms with E-state index in [2.05, 4.69) is 0 Å². The van der Waals surface area contributed by atoms with E-state index < -0.39 is 17.7 Å². The first-order valence-electron chi connectivity index (χ1n) is 6.86. The maximum atomic E-state index is 13.2. The van der Waals surface area contributed by atoms with Crippen LogP contribution in [0, 0.1) is 11.6 Å². The Bertz CT molecular complexity index is 620. The van der Waals surface area contributed by atoms with Crippen LogP contribution in [0.2, 0.25) is 0 Å². The predicted molar refractivity (Wildman–Crippen MR) is 73.4 cm³/mol. The van der Waals surface area contributed by atoms with Gasteiger partial charge in [-0.15, -0.1) is 0 Å².